The fourth-order valence-electron chi connectivity index (χ4n) is 0.734. The maximum atomic E-state index is 9.13. The predicted octanol–water partition coefficient (Wildman–Crippen LogP) is 2.67. The number of hydrogen-bond donors (Lipinski definition) is 4. The molecule has 4 nitrogen and oxygen atoms in total. The monoisotopic (exact) mass is 286 g/mol. The Kier molecular flexibility index (Phi) is 3.11. The van der Waals surface area contributed by atoms with Gasteiger partial charge in [0.05, 0.1) is 15.6 Å². The average Bonchev–Trinajstić information content (AvgIpc) is 1.97. The van der Waals surface area contributed by atoms with Gasteiger partial charge in [0.2, 0.25) is 0 Å². The fourth-order valence-corrected chi connectivity index (χ4v) is 2.33. The van der Waals surface area contributed by atoms with Crippen LogP contribution in [-0.4, -0.2) is 9.11 Å². The van der Waals surface area contributed by atoms with Gasteiger partial charge in [0.15, 0.2) is 0 Å². The summed E-state index contributed by atoms with van der Waals surface area (Å²) >= 11 is 8.82. The fraction of sp³-hybridized carbons (Fsp3) is 0. The van der Waals surface area contributed by atoms with Crippen LogP contribution in [0.5, 0.6) is 0 Å². The van der Waals surface area contributed by atoms with Crippen LogP contribution in [0.3, 0.4) is 0 Å². The van der Waals surface area contributed by atoms with E-state index in [1.165, 1.54) is 12.1 Å². The molecule has 0 fully saturated rings. The van der Waals surface area contributed by atoms with Crippen LogP contribution in [0.25, 0.3) is 0 Å². The Balaban J connectivity index is 3.29. The van der Waals surface area contributed by atoms with Crippen molar-refractivity contribution in [1.82, 2.24) is 0 Å². The first-order chi connectivity index (χ1) is 5.82. The lowest BCUT2D eigenvalue weighted by Crippen LogP contribution is -2.08. The molecule has 0 radical (unpaired) electrons. The first kappa shape index (κ1) is 11.1. The standard InChI is InChI=1S/C6H8BrClN2O2S/c7-4-1-3(13(10,11)12)2-5(8)6(4)9/h1-2,11-12H,9-10H2. The molecule has 7 heteroatoms. The lowest BCUT2D eigenvalue weighted by molar-refractivity contribution is 0.489. The van der Waals surface area contributed by atoms with Crippen molar-refractivity contribution in [2.24, 2.45) is 5.14 Å². The van der Waals surface area contributed by atoms with Crippen molar-refractivity contribution in [2.45, 2.75) is 4.90 Å². The van der Waals surface area contributed by atoms with E-state index in [0.29, 0.717) is 10.2 Å². The van der Waals surface area contributed by atoms with Gasteiger partial charge in [-0.15, -0.1) is 10.8 Å². The number of nitrogen functional groups attached to an aromatic ring is 1. The van der Waals surface area contributed by atoms with Crippen molar-refractivity contribution in [3.63, 3.8) is 0 Å². The van der Waals surface area contributed by atoms with E-state index in [9.17, 15) is 0 Å². The molecule has 74 valence electrons. The molecule has 0 aromatic heterocycles. The molecule has 0 amide bonds. The number of rotatable bonds is 1. The summed E-state index contributed by atoms with van der Waals surface area (Å²) < 4.78 is 18.7. The van der Waals surface area contributed by atoms with E-state index in [-0.39, 0.29) is 9.92 Å². The van der Waals surface area contributed by atoms with Crippen LogP contribution < -0.4 is 10.9 Å². The Labute approximate surface area is 90.5 Å². The third-order valence-corrected chi connectivity index (χ3v) is 3.30. The SMILES string of the molecule is Nc1c(Cl)cc(S(N)(O)O)cc1Br. The first-order valence-corrected chi connectivity index (χ1v) is 5.91. The molecule has 0 atom stereocenters. The molecule has 13 heavy (non-hydrogen) atoms. The summed E-state index contributed by atoms with van der Waals surface area (Å²) in [4.78, 5) is 0.151. The van der Waals surface area contributed by atoms with Gasteiger partial charge in [-0.05, 0) is 28.1 Å². The van der Waals surface area contributed by atoms with E-state index in [1.807, 2.05) is 0 Å². The minimum absolute atomic E-state index is 0.151. The molecule has 0 unspecified atom stereocenters. The quantitative estimate of drug-likeness (QED) is 0.598. The Morgan fingerprint density at radius 1 is 1.38 bits per heavy atom. The van der Waals surface area contributed by atoms with Crippen molar-refractivity contribution in [3.05, 3.63) is 21.6 Å². The molecular weight excluding hydrogens is 280 g/mol. The zero-order valence-electron chi connectivity index (χ0n) is 6.37. The van der Waals surface area contributed by atoms with Crippen LogP contribution in [-0.2, 0) is 0 Å². The molecule has 0 aliphatic rings. The zero-order chi connectivity index (χ0) is 10.2. The van der Waals surface area contributed by atoms with Crippen LogP contribution in [0.4, 0.5) is 5.69 Å². The maximum absolute atomic E-state index is 9.13. The smallest absolute Gasteiger partial charge is 0.0775 e. The van der Waals surface area contributed by atoms with Crippen molar-refractivity contribution in [2.75, 3.05) is 5.73 Å². The van der Waals surface area contributed by atoms with E-state index in [4.69, 9.17) is 31.6 Å². The lowest BCUT2D eigenvalue weighted by atomic mass is 10.3. The molecule has 0 saturated carbocycles. The molecule has 0 heterocycles. The zero-order valence-corrected chi connectivity index (χ0v) is 9.53. The van der Waals surface area contributed by atoms with Gasteiger partial charge in [0.1, 0.15) is 0 Å². The first-order valence-electron chi connectivity index (χ1n) is 3.13. The van der Waals surface area contributed by atoms with E-state index in [1.54, 1.807) is 0 Å². The van der Waals surface area contributed by atoms with Crippen molar-refractivity contribution >= 4 is 44.0 Å². The second-order valence-corrected chi connectivity index (χ2v) is 5.31. The molecule has 1 rings (SSSR count). The highest BCUT2D eigenvalue weighted by Crippen LogP contribution is 2.44. The van der Waals surface area contributed by atoms with E-state index < -0.39 is 10.8 Å². The van der Waals surface area contributed by atoms with Gasteiger partial charge in [-0.1, -0.05) is 11.6 Å². The Bertz CT molecular complexity index is 319. The summed E-state index contributed by atoms with van der Waals surface area (Å²) in [6, 6.07) is 2.76. The van der Waals surface area contributed by atoms with Crippen molar-refractivity contribution < 1.29 is 9.11 Å². The Morgan fingerprint density at radius 2 is 1.92 bits per heavy atom. The number of nitrogens with two attached hydrogens (primary N) is 2. The normalized spacial score (nSPS) is 13.0. The number of anilines is 1. The summed E-state index contributed by atoms with van der Waals surface area (Å²) in [6.45, 7) is 0. The van der Waals surface area contributed by atoms with Gasteiger partial charge >= 0.3 is 0 Å². The molecule has 0 aliphatic carbocycles. The van der Waals surface area contributed by atoms with Gasteiger partial charge in [-0.3, -0.25) is 9.11 Å². The minimum atomic E-state index is -3.23. The molecule has 1 aromatic carbocycles. The number of benzene rings is 1. The van der Waals surface area contributed by atoms with Gasteiger partial charge in [-0.2, -0.15) is 0 Å². The summed E-state index contributed by atoms with van der Waals surface area (Å²) in [6.07, 6.45) is 0. The van der Waals surface area contributed by atoms with Crippen LogP contribution >= 0.6 is 38.3 Å². The van der Waals surface area contributed by atoms with Crippen LogP contribution in [0.1, 0.15) is 0 Å². The van der Waals surface area contributed by atoms with Crippen molar-refractivity contribution in [3.8, 4) is 0 Å². The molecule has 0 bridgehead atoms. The van der Waals surface area contributed by atoms with Gasteiger partial charge in [0, 0.05) is 4.47 Å². The number of halogens is 2. The van der Waals surface area contributed by atoms with Gasteiger partial charge in [0.25, 0.3) is 0 Å². The highest BCUT2D eigenvalue weighted by Gasteiger charge is 2.13. The van der Waals surface area contributed by atoms with Crippen LogP contribution in [0, 0.1) is 0 Å². The molecule has 6 N–H and O–H groups in total. The van der Waals surface area contributed by atoms with Gasteiger partial charge < -0.3 is 5.73 Å². The summed E-state index contributed by atoms with van der Waals surface area (Å²) in [5.41, 5.74) is 5.86. The summed E-state index contributed by atoms with van der Waals surface area (Å²) in [7, 11) is -3.23. The highest BCUT2D eigenvalue weighted by atomic mass is 79.9. The van der Waals surface area contributed by atoms with E-state index >= 15 is 0 Å². The summed E-state index contributed by atoms with van der Waals surface area (Å²) in [5.74, 6) is 0. The van der Waals surface area contributed by atoms with Crippen LogP contribution in [0.15, 0.2) is 21.5 Å². The van der Waals surface area contributed by atoms with E-state index in [0.717, 1.165) is 0 Å². The lowest BCUT2D eigenvalue weighted by Gasteiger charge is -2.26. The molecule has 1 aromatic rings. The minimum Gasteiger partial charge on any atom is -0.397 e. The molecule has 0 aliphatic heterocycles. The molecular formula is C6H8BrClN2O2S. The van der Waals surface area contributed by atoms with E-state index in [2.05, 4.69) is 15.9 Å². The number of hydrogen-bond acceptors (Lipinski definition) is 4. The third kappa shape index (κ3) is 2.49. The largest absolute Gasteiger partial charge is 0.397 e. The topological polar surface area (TPSA) is 92.5 Å². The van der Waals surface area contributed by atoms with Gasteiger partial charge in [-0.25, -0.2) is 5.14 Å². The Morgan fingerprint density at radius 3 is 2.31 bits per heavy atom. The van der Waals surface area contributed by atoms with Crippen LogP contribution in [0.2, 0.25) is 5.02 Å². The van der Waals surface area contributed by atoms with Crippen molar-refractivity contribution in [1.29, 1.82) is 0 Å². The second kappa shape index (κ2) is 3.64. The molecule has 0 saturated heterocycles. The Hall–Kier alpha value is 0.0200. The maximum Gasteiger partial charge on any atom is 0.0775 e. The third-order valence-electron chi connectivity index (χ3n) is 1.40. The second-order valence-electron chi connectivity index (χ2n) is 2.39. The summed E-state index contributed by atoms with van der Waals surface area (Å²) in [5, 5.41) is 5.35. The predicted molar refractivity (Wildman–Crippen MR) is 58.9 cm³/mol. The average molecular weight is 288 g/mol. The highest BCUT2D eigenvalue weighted by molar-refractivity contribution is 9.10. The molecule has 0 spiro atoms.